The molecule has 5 heteroatoms. The van der Waals surface area contributed by atoms with Crippen LogP contribution in [0, 0.1) is 6.92 Å². The third-order valence-corrected chi connectivity index (χ3v) is 3.38. The molecule has 0 atom stereocenters. The molecular formula is C17H17ClN2O2. The first-order chi connectivity index (χ1) is 10.5. The molecule has 0 radical (unpaired) electrons. The van der Waals surface area contributed by atoms with E-state index in [1.807, 2.05) is 31.2 Å². The summed E-state index contributed by atoms with van der Waals surface area (Å²) in [5.74, 6) is -0.448. The van der Waals surface area contributed by atoms with Gasteiger partial charge in [0.1, 0.15) is 6.54 Å². The number of hydrogen-bond donors (Lipinski definition) is 1. The molecule has 0 aliphatic rings. The molecule has 0 saturated heterocycles. The molecule has 1 N–H and O–H groups in total. The lowest BCUT2D eigenvalue weighted by Gasteiger charge is -2.21. The van der Waals surface area contributed by atoms with E-state index in [-0.39, 0.29) is 18.4 Å². The number of amides is 2. The zero-order valence-electron chi connectivity index (χ0n) is 12.5. The standard InChI is InChI=1S/C17H17ClN2O2/c1-12-4-3-5-16(10-12)20(13(2)21)11-17(22)19-15-8-6-14(18)7-9-15/h3-10H,11H2,1-2H3,(H,19,22). The molecule has 0 bridgehead atoms. The Morgan fingerprint density at radius 1 is 1.14 bits per heavy atom. The van der Waals surface area contributed by atoms with Crippen LogP contribution >= 0.6 is 11.6 Å². The second-order valence-electron chi connectivity index (χ2n) is 5.00. The number of benzene rings is 2. The predicted molar refractivity (Wildman–Crippen MR) is 89.3 cm³/mol. The molecule has 22 heavy (non-hydrogen) atoms. The van der Waals surface area contributed by atoms with Gasteiger partial charge in [-0.05, 0) is 48.9 Å². The predicted octanol–water partition coefficient (Wildman–Crippen LogP) is 3.64. The Bertz CT molecular complexity index is 683. The van der Waals surface area contributed by atoms with Crippen LogP contribution in [0.2, 0.25) is 5.02 Å². The van der Waals surface area contributed by atoms with Crippen LogP contribution < -0.4 is 10.2 Å². The van der Waals surface area contributed by atoms with Gasteiger partial charge in [-0.15, -0.1) is 0 Å². The number of nitrogens with zero attached hydrogens (tertiary/aromatic N) is 1. The number of halogens is 1. The van der Waals surface area contributed by atoms with Gasteiger partial charge in [0.05, 0.1) is 0 Å². The third kappa shape index (κ3) is 4.33. The van der Waals surface area contributed by atoms with Crippen LogP contribution in [0.4, 0.5) is 11.4 Å². The Morgan fingerprint density at radius 2 is 1.82 bits per heavy atom. The molecule has 0 aliphatic carbocycles. The highest BCUT2D eigenvalue weighted by Gasteiger charge is 2.16. The summed E-state index contributed by atoms with van der Waals surface area (Å²) in [6, 6.07) is 14.3. The minimum absolute atomic E-state index is 0.0403. The Morgan fingerprint density at radius 3 is 2.41 bits per heavy atom. The van der Waals surface area contributed by atoms with Crippen molar-refractivity contribution in [3.63, 3.8) is 0 Å². The maximum atomic E-state index is 12.1. The lowest BCUT2D eigenvalue weighted by atomic mass is 10.2. The number of rotatable bonds is 4. The number of carbonyl (C=O) groups is 2. The van der Waals surface area contributed by atoms with Gasteiger partial charge in [-0.25, -0.2) is 0 Å². The van der Waals surface area contributed by atoms with Crippen molar-refractivity contribution in [3.8, 4) is 0 Å². The molecule has 2 amide bonds. The third-order valence-electron chi connectivity index (χ3n) is 3.12. The van der Waals surface area contributed by atoms with Crippen LogP contribution in [0.3, 0.4) is 0 Å². The van der Waals surface area contributed by atoms with Crippen LogP contribution in [0.5, 0.6) is 0 Å². The van der Waals surface area contributed by atoms with Gasteiger partial charge >= 0.3 is 0 Å². The molecule has 2 aromatic carbocycles. The van der Waals surface area contributed by atoms with Crippen molar-refractivity contribution in [3.05, 3.63) is 59.1 Å². The first-order valence-electron chi connectivity index (χ1n) is 6.86. The van der Waals surface area contributed by atoms with E-state index in [0.717, 1.165) is 5.56 Å². The number of anilines is 2. The van der Waals surface area contributed by atoms with E-state index < -0.39 is 0 Å². The molecule has 2 aromatic rings. The fraction of sp³-hybridized carbons (Fsp3) is 0.176. The molecule has 0 heterocycles. The summed E-state index contributed by atoms with van der Waals surface area (Å²) in [5.41, 5.74) is 2.38. The number of hydrogen-bond acceptors (Lipinski definition) is 2. The average molecular weight is 317 g/mol. The molecule has 0 spiro atoms. The molecule has 0 saturated carbocycles. The Hall–Kier alpha value is -2.33. The highest BCUT2D eigenvalue weighted by molar-refractivity contribution is 6.30. The number of aryl methyl sites for hydroxylation is 1. The van der Waals surface area contributed by atoms with E-state index in [0.29, 0.717) is 16.4 Å². The molecule has 114 valence electrons. The summed E-state index contributed by atoms with van der Waals surface area (Å²) in [6.45, 7) is 3.34. The lowest BCUT2D eigenvalue weighted by Crippen LogP contribution is -2.36. The Labute approximate surface area is 134 Å². The second kappa shape index (κ2) is 7.09. The SMILES string of the molecule is CC(=O)N(CC(=O)Nc1ccc(Cl)cc1)c1cccc(C)c1. The maximum absolute atomic E-state index is 12.1. The smallest absolute Gasteiger partial charge is 0.244 e. The topological polar surface area (TPSA) is 49.4 Å². The number of carbonyl (C=O) groups excluding carboxylic acids is 2. The second-order valence-corrected chi connectivity index (χ2v) is 5.44. The van der Waals surface area contributed by atoms with Crippen LogP contribution in [0.25, 0.3) is 0 Å². The van der Waals surface area contributed by atoms with E-state index in [1.54, 1.807) is 24.3 Å². The van der Waals surface area contributed by atoms with Gasteiger partial charge in [0.15, 0.2) is 0 Å². The summed E-state index contributed by atoms with van der Waals surface area (Å²) in [5, 5.41) is 3.35. The van der Waals surface area contributed by atoms with Gasteiger partial charge in [0, 0.05) is 23.3 Å². The minimum atomic E-state index is -0.265. The van der Waals surface area contributed by atoms with Crippen molar-refractivity contribution in [1.82, 2.24) is 0 Å². The molecule has 4 nitrogen and oxygen atoms in total. The number of nitrogens with one attached hydrogen (secondary N) is 1. The minimum Gasteiger partial charge on any atom is -0.325 e. The highest BCUT2D eigenvalue weighted by Crippen LogP contribution is 2.17. The van der Waals surface area contributed by atoms with E-state index in [9.17, 15) is 9.59 Å². The van der Waals surface area contributed by atoms with Crippen molar-refractivity contribution in [1.29, 1.82) is 0 Å². The molecule has 0 unspecified atom stereocenters. The zero-order chi connectivity index (χ0) is 16.1. The fourth-order valence-electron chi connectivity index (χ4n) is 2.06. The summed E-state index contributed by atoms with van der Waals surface area (Å²) in [6.07, 6.45) is 0. The quantitative estimate of drug-likeness (QED) is 0.936. The summed E-state index contributed by atoms with van der Waals surface area (Å²) >= 11 is 5.80. The highest BCUT2D eigenvalue weighted by atomic mass is 35.5. The van der Waals surface area contributed by atoms with E-state index in [2.05, 4.69) is 5.32 Å². The van der Waals surface area contributed by atoms with Gasteiger partial charge in [0.2, 0.25) is 11.8 Å². The zero-order valence-corrected chi connectivity index (χ0v) is 13.2. The van der Waals surface area contributed by atoms with Crippen LogP contribution in [-0.4, -0.2) is 18.4 Å². The van der Waals surface area contributed by atoms with Gasteiger partial charge in [-0.2, -0.15) is 0 Å². The molecule has 0 aliphatic heterocycles. The molecule has 0 aromatic heterocycles. The first kappa shape index (κ1) is 16.0. The van der Waals surface area contributed by atoms with Gasteiger partial charge < -0.3 is 10.2 Å². The van der Waals surface area contributed by atoms with Crippen LogP contribution in [0.15, 0.2) is 48.5 Å². The van der Waals surface area contributed by atoms with E-state index >= 15 is 0 Å². The van der Waals surface area contributed by atoms with Crippen LogP contribution in [0.1, 0.15) is 12.5 Å². The molecule has 2 rings (SSSR count). The normalized spacial score (nSPS) is 10.1. The largest absolute Gasteiger partial charge is 0.325 e. The van der Waals surface area contributed by atoms with E-state index in [4.69, 9.17) is 11.6 Å². The van der Waals surface area contributed by atoms with Crippen molar-refractivity contribution < 1.29 is 9.59 Å². The van der Waals surface area contributed by atoms with Crippen molar-refractivity contribution in [2.45, 2.75) is 13.8 Å². The molecular weight excluding hydrogens is 300 g/mol. The van der Waals surface area contributed by atoms with Gasteiger partial charge in [0.25, 0.3) is 0 Å². The van der Waals surface area contributed by atoms with Crippen molar-refractivity contribution in [2.75, 3.05) is 16.8 Å². The summed E-state index contributed by atoms with van der Waals surface area (Å²) < 4.78 is 0. The first-order valence-corrected chi connectivity index (χ1v) is 7.23. The van der Waals surface area contributed by atoms with Crippen LogP contribution in [-0.2, 0) is 9.59 Å². The Balaban J connectivity index is 2.09. The van der Waals surface area contributed by atoms with Gasteiger partial charge in [-0.3, -0.25) is 9.59 Å². The van der Waals surface area contributed by atoms with Crippen molar-refractivity contribution >= 4 is 34.8 Å². The summed E-state index contributed by atoms with van der Waals surface area (Å²) in [4.78, 5) is 25.4. The Kier molecular flexibility index (Phi) is 5.17. The van der Waals surface area contributed by atoms with E-state index in [1.165, 1.54) is 11.8 Å². The fourth-order valence-corrected chi connectivity index (χ4v) is 2.18. The molecule has 0 fully saturated rings. The lowest BCUT2D eigenvalue weighted by molar-refractivity contribution is -0.120. The van der Waals surface area contributed by atoms with Crippen molar-refractivity contribution in [2.24, 2.45) is 0 Å². The average Bonchev–Trinajstić information content (AvgIpc) is 2.47. The maximum Gasteiger partial charge on any atom is 0.244 e. The summed E-state index contributed by atoms with van der Waals surface area (Å²) in [7, 11) is 0. The van der Waals surface area contributed by atoms with Gasteiger partial charge in [-0.1, -0.05) is 23.7 Å². The monoisotopic (exact) mass is 316 g/mol.